The molecule has 3 aromatic rings. The van der Waals surface area contributed by atoms with Crippen LogP contribution in [0, 0.1) is 37.5 Å². The van der Waals surface area contributed by atoms with Gasteiger partial charge in [0.25, 0.3) is 5.91 Å². The summed E-state index contributed by atoms with van der Waals surface area (Å²) in [5.41, 5.74) is 4.51. The molecule has 0 unspecified atom stereocenters. The second-order valence-electron chi connectivity index (χ2n) is 11.1. The fraction of sp³-hybridized carbons (Fsp3) is 0.312. The van der Waals surface area contributed by atoms with Crippen LogP contribution in [0.4, 0.5) is 11.4 Å². The van der Waals surface area contributed by atoms with Gasteiger partial charge in [0.15, 0.2) is 6.61 Å². The van der Waals surface area contributed by atoms with Gasteiger partial charge in [0.2, 0.25) is 11.8 Å². The standard InChI is InChI=1S/C32H29BrN2O5/c1-17-12-22(13-18(2)29(17)33)34-26(36)16-40-32(39)20-8-10-23(11-9-20)35-30(37)27-21-14-24(19-6-4-3-5-7-19)25(15-21)28(27)31(35)38/h3-13,21,24-25,27-28H,14-16H2,1-2H3,(H,34,36)/t21-,24+,25+,27+,28+/m0/s1. The third-order valence-electron chi connectivity index (χ3n) is 8.66. The van der Waals surface area contributed by atoms with E-state index >= 15 is 0 Å². The maximum atomic E-state index is 13.5. The number of amides is 3. The number of halogens is 1. The fourth-order valence-electron chi connectivity index (χ4n) is 6.97. The van der Waals surface area contributed by atoms with Gasteiger partial charge in [0.1, 0.15) is 0 Å². The molecule has 6 rings (SSSR count). The lowest BCUT2D eigenvalue weighted by molar-refractivity contribution is -0.123. The van der Waals surface area contributed by atoms with Crippen molar-refractivity contribution in [2.24, 2.45) is 23.7 Å². The van der Waals surface area contributed by atoms with Crippen LogP contribution >= 0.6 is 15.9 Å². The molecule has 1 saturated heterocycles. The van der Waals surface area contributed by atoms with E-state index in [2.05, 4.69) is 33.4 Å². The van der Waals surface area contributed by atoms with Crippen LogP contribution in [0.2, 0.25) is 0 Å². The van der Waals surface area contributed by atoms with E-state index in [9.17, 15) is 19.2 Å². The number of imide groups is 1. The molecule has 0 spiro atoms. The van der Waals surface area contributed by atoms with Crippen LogP contribution in [-0.2, 0) is 19.1 Å². The number of nitrogens with one attached hydrogen (secondary N) is 1. The Bertz CT molecular complexity index is 1500. The van der Waals surface area contributed by atoms with Crippen LogP contribution in [0.1, 0.15) is 45.8 Å². The predicted octanol–water partition coefficient (Wildman–Crippen LogP) is 5.79. The van der Waals surface area contributed by atoms with Crippen molar-refractivity contribution < 1.29 is 23.9 Å². The number of ether oxygens (including phenoxy) is 1. The maximum absolute atomic E-state index is 13.5. The molecule has 0 aromatic heterocycles. The van der Waals surface area contributed by atoms with Crippen LogP contribution in [0.25, 0.3) is 0 Å². The Morgan fingerprint density at radius 1 is 0.925 bits per heavy atom. The molecule has 2 saturated carbocycles. The average Bonchev–Trinajstić information content (AvgIpc) is 3.62. The van der Waals surface area contributed by atoms with Gasteiger partial charge in [-0.3, -0.25) is 19.3 Å². The summed E-state index contributed by atoms with van der Waals surface area (Å²) in [7, 11) is 0. The van der Waals surface area contributed by atoms with Crippen LogP contribution in [-0.4, -0.2) is 30.3 Å². The van der Waals surface area contributed by atoms with Gasteiger partial charge in [-0.15, -0.1) is 0 Å². The molecule has 204 valence electrons. The van der Waals surface area contributed by atoms with Crippen molar-refractivity contribution in [3.63, 3.8) is 0 Å². The van der Waals surface area contributed by atoms with E-state index < -0.39 is 18.5 Å². The molecule has 2 bridgehead atoms. The first-order valence-electron chi connectivity index (χ1n) is 13.5. The third kappa shape index (κ3) is 4.54. The summed E-state index contributed by atoms with van der Waals surface area (Å²) >= 11 is 3.50. The highest BCUT2D eigenvalue weighted by atomic mass is 79.9. The second-order valence-corrected chi connectivity index (χ2v) is 11.9. The summed E-state index contributed by atoms with van der Waals surface area (Å²) in [6, 6.07) is 20.2. The SMILES string of the molecule is Cc1cc(NC(=O)COC(=O)c2ccc(N3C(=O)[C@@H]4[C@@H]5C[C@@H]([C@H]4C3=O)[C@@H](c3ccccc3)C5)cc2)cc(C)c1Br. The number of hydrogen-bond acceptors (Lipinski definition) is 5. The molecule has 3 aliphatic rings. The Labute approximate surface area is 241 Å². The minimum atomic E-state index is -0.662. The lowest BCUT2D eigenvalue weighted by Crippen LogP contribution is -2.33. The zero-order valence-electron chi connectivity index (χ0n) is 22.2. The number of carbonyl (C=O) groups excluding carboxylic acids is 4. The molecule has 3 fully saturated rings. The van der Waals surface area contributed by atoms with Gasteiger partial charge in [-0.1, -0.05) is 46.3 Å². The molecule has 3 aromatic carbocycles. The Morgan fingerprint density at radius 2 is 1.57 bits per heavy atom. The highest BCUT2D eigenvalue weighted by molar-refractivity contribution is 9.10. The molecule has 5 atom stereocenters. The first-order chi connectivity index (χ1) is 19.2. The highest BCUT2D eigenvalue weighted by Gasteiger charge is 2.64. The summed E-state index contributed by atoms with van der Waals surface area (Å²) < 4.78 is 6.17. The van der Waals surface area contributed by atoms with Crippen molar-refractivity contribution in [1.82, 2.24) is 0 Å². The van der Waals surface area contributed by atoms with Crippen LogP contribution in [0.5, 0.6) is 0 Å². The molecule has 0 radical (unpaired) electrons. The second kappa shape index (κ2) is 10.3. The smallest absolute Gasteiger partial charge is 0.338 e. The number of aryl methyl sites for hydroxylation is 2. The van der Waals surface area contributed by atoms with E-state index in [0.29, 0.717) is 17.3 Å². The molecule has 2 aliphatic carbocycles. The molecular weight excluding hydrogens is 572 g/mol. The summed E-state index contributed by atoms with van der Waals surface area (Å²) in [5.74, 6) is -1.27. The van der Waals surface area contributed by atoms with E-state index in [1.54, 1.807) is 12.1 Å². The first kappa shape index (κ1) is 26.4. The number of nitrogens with zero attached hydrogens (tertiary/aromatic N) is 1. The van der Waals surface area contributed by atoms with Gasteiger partial charge < -0.3 is 10.1 Å². The molecular formula is C32H29BrN2O5. The van der Waals surface area contributed by atoms with Crippen LogP contribution in [0.3, 0.4) is 0 Å². The molecule has 1 aliphatic heterocycles. The van der Waals surface area contributed by atoms with Gasteiger partial charge in [-0.2, -0.15) is 0 Å². The summed E-state index contributed by atoms with van der Waals surface area (Å²) in [5, 5.41) is 2.74. The zero-order valence-corrected chi connectivity index (χ0v) is 23.8. The van der Waals surface area contributed by atoms with E-state index in [4.69, 9.17) is 4.74 Å². The minimum Gasteiger partial charge on any atom is -0.452 e. The third-order valence-corrected chi connectivity index (χ3v) is 9.91. The number of rotatable bonds is 6. The minimum absolute atomic E-state index is 0.139. The van der Waals surface area contributed by atoms with E-state index in [0.717, 1.165) is 28.4 Å². The number of carbonyl (C=O) groups is 4. The van der Waals surface area contributed by atoms with E-state index in [1.165, 1.54) is 22.6 Å². The van der Waals surface area contributed by atoms with Gasteiger partial charge in [-0.05, 0) is 97.5 Å². The summed E-state index contributed by atoms with van der Waals surface area (Å²) in [6.07, 6.45) is 1.85. The van der Waals surface area contributed by atoms with Crippen molar-refractivity contribution in [3.8, 4) is 0 Å². The molecule has 1 N–H and O–H groups in total. The number of anilines is 2. The van der Waals surface area contributed by atoms with Gasteiger partial charge >= 0.3 is 5.97 Å². The quantitative estimate of drug-likeness (QED) is 0.285. The first-order valence-corrected chi connectivity index (χ1v) is 14.3. The van der Waals surface area contributed by atoms with Crippen LogP contribution in [0.15, 0.2) is 71.2 Å². The highest BCUT2D eigenvalue weighted by Crippen LogP contribution is 2.61. The number of hydrogen-bond donors (Lipinski definition) is 1. The molecule has 1 heterocycles. The lowest BCUT2D eigenvalue weighted by Gasteiger charge is -2.28. The summed E-state index contributed by atoms with van der Waals surface area (Å²) in [4.78, 5) is 53.2. The van der Waals surface area contributed by atoms with Crippen molar-refractivity contribution >= 4 is 51.0 Å². The Kier molecular flexibility index (Phi) is 6.82. The molecule has 3 amide bonds. The van der Waals surface area contributed by atoms with E-state index in [-0.39, 0.29) is 41.0 Å². The monoisotopic (exact) mass is 600 g/mol. The zero-order chi connectivity index (χ0) is 28.1. The fourth-order valence-corrected chi connectivity index (χ4v) is 7.20. The Morgan fingerprint density at radius 3 is 2.25 bits per heavy atom. The predicted molar refractivity (Wildman–Crippen MR) is 154 cm³/mol. The Hall–Kier alpha value is -3.78. The van der Waals surface area contributed by atoms with Crippen molar-refractivity contribution in [2.75, 3.05) is 16.8 Å². The number of esters is 1. The van der Waals surface area contributed by atoms with Gasteiger partial charge in [-0.25, -0.2) is 4.79 Å². The van der Waals surface area contributed by atoms with Crippen molar-refractivity contribution in [3.05, 3.63) is 93.5 Å². The van der Waals surface area contributed by atoms with Crippen LogP contribution < -0.4 is 10.2 Å². The lowest BCUT2D eigenvalue weighted by atomic mass is 9.73. The molecule has 7 nitrogen and oxygen atoms in total. The Balaban J connectivity index is 1.09. The van der Waals surface area contributed by atoms with Crippen molar-refractivity contribution in [1.29, 1.82) is 0 Å². The van der Waals surface area contributed by atoms with E-state index in [1.807, 2.05) is 44.2 Å². The molecule has 40 heavy (non-hydrogen) atoms. The topological polar surface area (TPSA) is 92.8 Å². The van der Waals surface area contributed by atoms with Gasteiger partial charge in [0.05, 0.1) is 23.1 Å². The molecule has 8 heteroatoms. The number of benzene rings is 3. The largest absolute Gasteiger partial charge is 0.452 e. The van der Waals surface area contributed by atoms with Crippen molar-refractivity contribution in [2.45, 2.75) is 32.6 Å². The average molecular weight is 601 g/mol. The maximum Gasteiger partial charge on any atom is 0.338 e. The van der Waals surface area contributed by atoms with Gasteiger partial charge in [0, 0.05) is 10.2 Å². The summed E-state index contributed by atoms with van der Waals surface area (Å²) in [6.45, 7) is 3.42. The number of fused-ring (bicyclic) bond motifs is 5. The normalized spacial score (nSPS) is 24.8.